The number of anilines is 2. The number of piperazine rings is 1. The van der Waals surface area contributed by atoms with Crippen LogP contribution in [0, 0.1) is 13.8 Å². The Morgan fingerprint density at radius 2 is 1.79 bits per heavy atom. The first-order chi connectivity index (χ1) is 11.5. The third kappa shape index (κ3) is 3.89. The second-order valence-electron chi connectivity index (χ2n) is 6.76. The fraction of sp³-hybridized carbons (Fsp3) is 0.400. The van der Waals surface area contributed by atoms with Gasteiger partial charge in [0.1, 0.15) is 0 Å². The topological polar surface area (TPSA) is 52.7 Å². The van der Waals surface area contributed by atoms with E-state index < -0.39 is 6.10 Å². The van der Waals surface area contributed by atoms with Crippen molar-refractivity contribution in [3.63, 3.8) is 0 Å². The molecule has 1 aliphatic rings. The van der Waals surface area contributed by atoms with Crippen molar-refractivity contribution in [2.45, 2.75) is 20.0 Å². The Bertz CT molecular complexity index is 693. The number of nitrogens with two attached hydrogens (primary N) is 1. The number of aryl methyl sites for hydroxylation is 2. The molecule has 0 radical (unpaired) electrons. The van der Waals surface area contributed by atoms with Crippen LogP contribution >= 0.6 is 0 Å². The van der Waals surface area contributed by atoms with E-state index in [1.165, 1.54) is 11.3 Å². The largest absolute Gasteiger partial charge is 0.399 e. The lowest BCUT2D eigenvalue weighted by atomic mass is 10.0. The Morgan fingerprint density at radius 3 is 2.46 bits per heavy atom. The molecule has 1 aliphatic heterocycles. The first-order valence-electron chi connectivity index (χ1n) is 8.61. The maximum absolute atomic E-state index is 10.5. The van der Waals surface area contributed by atoms with Crippen LogP contribution in [-0.4, -0.2) is 42.7 Å². The molecule has 0 saturated carbocycles. The van der Waals surface area contributed by atoms with E-state index >= 15 is 0 Å². The Balaban J connectivity index is 1.56. The van der Waals surface area contributed by atoms with Crippen LogP contribution in [0.5, 0.6) is 0 Å². The molecule has 1 unspecified atom stereocenters. The summed E-state index contributed by atoms with van der Waals surface area (Å²) in [5, 5.41) is 10.5. The molecule has 4 heteroatoms. The second-order valence-corrected chi connectivity index (χ2v) is 6.76. The molecule has 0 spiro atoms. The molecule has 1 heterocycles. The van der Waals surface area contributed by atoms with Gasteiger partial charge in [-0.1, -0.05) is 24.3 Å². The van der Waals surface area contributed by atoms with Crippen molar-refractivity contribution in [2.75, 3.05) is 43.4 Å². The number of aliphatic hydroxyl groups is 1. The summed E-state index contributed by atoms with van der Waals surface area (Å²) in [5.74, 6) is 0. The fourth-order valence-electron chi connectivity index (χ4n) is 3.23. The molecule has 128 valence electrons. The molecule has 24 heavy (non-hydrogen) atoms. The third-order valence-electron chi connectivity index (χ3n) is 4.86. The highest BCUT2D eigenvalue weighted by Gasteiger charge is 2.20. The van der Waals surface area contributed by atoms with Gasteiger partial charge in [0.15, 0.2) is 0 Å². The normalized spacial score (nSPS) is 17.0. The molecule has 1 fully saturated rings. The van der Waals surface area contributed by atoms with E-state index in [2.05, 4.69) is 41.0 Å². The molecule has 2 aromatic carbocycles. The average molecular weight is 325 g/mol. The summed E-state index contributed by atoms with van der Waals surface area (Å²) in [6, 6.07) is 14.5. The van der Waals surface area contributed by atoms with Crippen LogP contribution in [0.3, 0.4) is 0 Å². The first kappa shape index (κ1) is 16.8. The lowest BCUT2D eigenvalue weighted by Crippen LogP contribution is -2.47. The van der Waals surface area contributed by atoms with E-state index in [0.29, 0.717) is 6.54 Å². The monoisotopic (exact) mass is 325 g/mol. The van der Waals surface area contributed by atoms with Gasteiger partial charge in [-0.2, -0.15) is 0 Å². The number of aliphatic hydroxyl groups excluding tert-OH is 1. The van der Waals surface area contributed by atoms with Gasteiger partial charge >= 0.3 is 0 Å². The van der Waals surface area contributed by atoms with Crippen molar-refractivity contribution in [1.29, 1.82) is 0 Å². The minimum absolute atomic E-state index is 0.488. The summed E-state index contributed by atoms with van der Waals surface area (Å²) in [6.07, 6.45) is -0.488. The van der Waals surface area contributed by atoms with Crippen LogP contribution in [0.2, 0.25) is 0 Å². The Kier molecular flexibility index (Phi) is 5.07. The highest BCUT2D eigenvalue weighted by Crippen LogP contribution is 2.22. The first-order valence-corrected chi connectivity index (χ1v) is 8.61. The van der Waals surface area contributed by atoms with E-state index in [1.807, 2.05) is 25.1 Å². The zero-order chi connectivity index (χ0) is 17.1. The summed E-state index contributed by atoms with van der Waals surface area (Å²) in [7, 11) is 0. The Labute approximate surface area is 144 Å². The van der Waals surface area contributed by atoms with Gasteiger partial charge in [-0.15, -0.1) is 0 Å². The Hall–Kier alpha value is -2.04. The van der Waals surface area contributed by atoms with E-state index in [1.54, 1.807) is 0 Å². The van der Waals surface area contributed by atoms with E-state index in [0.717, 1.165) is 43.0 Å². The van der Waals surface area contributed by atoms with Gasteiger partial charge in [0.2, 0.25) is 0 Å². The summed E-state index contributed by atoms with van der Waals surface area (Å²) in [4.78, 5) is 4.74. The van der Waals surface area contributed by atoms with Gasteiger partial charge in [0, 0.05) is 44.1 Å². The fourth-order valence-corrected chi connectivity index (χ4v) is 3.23. The van der Waals surface area contributed by atoms with Crippen molar-refractivity contribution >= 4 is 11.4 Å². The van der Waals surface area contributed by atoms with Crippen molar-refractivity contribution in [1.82, 2.24) is 4.90 Å². The van der Waals surface area contributed by atoms with Crippen LogP contribution in [0.15, 0.2) is 42.5 Å². The van der Waals surface area contributed by atoms with Gasteiger partial charge in [0.05, 0.1) is 6.10 Å². The molecule has 1 atom stereocenters. The standard InChI is InChI=1S/C20H27N3O/c1-15-4-3-5-18(12-15)23-10-8-22(9-11-23)14-20(24)17-7-6-16(2)19(21)13-17/h3-7,12-13,20,24H,8-11,14,21H2,1-2H3. The van der Waals surface area contributed by atoms with Crippen LogP contribution < -0.4 is 10.6 Å². The minimum Gasteiger partial charge on any atom is -0.399 e. The van der Waals surface area contributed by atoms with Gasteiger partial charge in [-0.25, -0.2) is 0 Å². The highest BCUT2D eigenvalue weighted by atomic mass is 16.3. The molecule has 2 aromatic rings. The molecule has 3 rings (SSSR count). The van der Waals surface area contributed by atoms with Crippen molar-refractivity contribution in [3.05, 3.63) is 59.2 Å². The van der Waals surface area contributed by atoms with Gasteiger partial charge < -0.3 is 15.7 Å². The number of nitrogen functional groups attached to an aromatic ring is 1. The highest BCUT2D eigenvalue weighted by molar-refractivity contribution is 5.49. The smallest absolute Gasteiger partial charge is 0.0917 e. The van der Waals surface area contributed by atoms with E-state index in [4.69, 9.17) is 5.73 Å². The maximum Gasteiger partial charge on any atom is 0.0917 e. The lowest BCUT2D eigenvalue weighted by molar-refractivity contribution is 0.109. The predicted molar refractivity (Wildman–Crippen MR) is 100 cm³/mol. The van der Waals surface area contributed by atoms with Crippen molar-refractivity contribution in [3.8, 4) is 0 Å². The van der Waals surface area contributed by atoms with E-state index in [9.17, 15) is 5.11 Å². The summed E-state index contributed by atoms with van der Waals surface area (Å²) >= 11 is 0. The molecule has 0 aliphatic carbocycles. The van der Waals surface area contributed by atoms with Crippen molar-refractivity contribution in [2.24, 2.45) is 0 Å². The molecule has 0 bridgehead atoms. The summed E-state index contributed by atoms with van der Waals surface area (Å²) in [5.41, 5.74) is 11.2. The Morgan fingerprint density at radius 1 is 1.04 bits per heavy atom. The van der Waals surface area contributed by atoms with E-state index in [-0.39, 0.29) is 0 Å². The average Bonchev–Trinajstić information content (AvgIpc) is 2.58. The van der Waals surface area contributed by atoms with Crippen molar-refractivity contribution < 1.29 is 5.11 Å². The number of nitrogens with zero attached hydrogens (tertiary/aromatic N) is 2. The van der Waals surface area contributed by atoms with Crippen LogP contribution in [0.4, 0.5) is 11.4 Å². The van der Waals surface area contributed by atoms with Gasteiger partial charge in [0.25, 0.3) is 0 Å². The van der Waals surface area contributed by atoms with Gasteiger partial charge in [-0.05, 0) is 48.7 Å². The zero-order valence-electron chi connectivity index (χ0n) is 14.6. The predicted octanol–water partition coefficient (Wildman–Crippen LogP) is 2.74. The van der Waals surface area contributed by atoms with Crippen LogP contribution in [0.1, 0.15) is 22.8 Å². The molecule has 0 amide bonds. The number of β-amino-alcohol motifs (C(OH)–C–C–N with tert-alkyl or cyclic N) is 1. The SMILES string of the molecule is Cc1cccc(N2CCN(CC(O)c3ccc(C)c(N)c3)CC2)c1. The number of hydrogen-bond donors (Lipinski definition) is 2. The van der Waals surface area contributed by atoms with Crippen LogP contribution in [0.25, 0.3) is 0 Å². The third-order valence-corrected chi connectivity index (χ3v) is 4.86. The van der Waals surface area contributed by atoms with Crippen LogP contribution in [-0.2, 0) is 0 Å². The molecule has 4 nitrogen and oxygen atoms in total. The molecular formula is C20H27N3O. The second kappa shape index (κ2) is 7.24. The lowest BCUT2D eigenvalue weighted by Gasteiger charge is -2.37. The molecular weight excluding hydrogens is 298 g/mol. The summed E-state index contributed by atoms with van der Waals surface area (Å²) in [6.45, 7) is 8.68. The number of hydrogen-bond acceptors (Lipinski definition) is 4. The number of benzene rings is 2. The minimum atomic E-state index is -0.488. The maximum atomic E-state index is 10.5. The molecule has 1 saturated heterocycles. The quantitative estimate of drug-likeness (QED) is 0.849. The molecule has 3 N–H and O–H groups in total. The zero-order valence-corrected chi connectivity index (χ0v) is 14.6. The summed E-state index contributed by atoms with van der Waals surface area (Å²) < 4.78 is 0. The molecule has 0 aromatic heterocycles. The van der Waals surface area contributed by atoms with Gasteiger partial charge in [-0.3, -0.25) is 4.90 Å². The number of rotatable bonds is 4.